The van der Waals surface area contributed by atoms with Gasteiger partial charge in [-0.25, -0.2) is 0 Å². The number of benzene rings is 1. The Kier molecular flexibility index (Phi) is 1.91. The zero-order valence-electron chi connectivity index (χ0n) is 5.54. The Morgan fingerprint density at radius 3 is 2.20 bits per heavy atom. The van der Waals surface area contributed by atoms with Crippen molar-refractivity contribution in [1.82, 2.24) is 0 Å². The minimum absolute atomic E-state index is 1.17. The summed E-state index contributed by atoms with van der Waals surface area (Å²) in [5.74, 6) is 2.33. The molecule has 0 nitrogen and oxygen atoms in total. The number of hydrogen-bond donors (Lipinski definition) is 0. The molecule has 0 saturated carbocycles. The summed E-state index contributed by atoms with van der Waals surface area (Å²) in [5.41, 5.74) is 2.93. The summed E-state index contributed by atoms with van der Waals surface area (Å²) in [6.45, 7) is 0. The number of hydrogen-bond acceptors (Lipinski definition) is 2. The molecule has 2 bridgehead atoms. The molecule has 1 aromatic carbocycles. The first kappa shape index (κ1) is 6.62. The minimum atomic E-state index is 1.17. The van der Waals surface area contributed by atoms with E-state index in [0.717, 1.165) is 0 Å². The van der Waals surface area contributed by atoms with Crippen LogP contribution in [0.3, 0.4) is 0 Å². The fourth-order valence-electron chi connectivity index (χ4n) is 1.03. The van der Waals surface area contributed by atoms with Gasteiger partial charge in [0, 0.05) is 11.5 Å². The maximum atomic E-state index is 2.30. The minimum Gasteiger partial charge on any atom is -0.0890 e. The predicted octanol–water partition coefficient (Wildman–Crippen LogP) is 3.08. The Bertz CT molecular complexity index is 211. The molecule has 0 radical (unpaired) electrons. The van der Waals surface area contributed by atoms with E-state index < -0.39 is 0 Å². The van der Waals surface area contributed by atoms with E-state index in [9.17, 15) is 0 Å². The lowest BCUT2D eigenvalue weighted by Gasteiger charge is -1.94. The number of rotatable bonds is 0. The average molecular weight is 168 g/mol. The molecule has 1 aliphatic rings. The van der Waals surface area contributed by atoms with Gasteiger partial charge in [-0.1, -0.05) is 45.9 Å². The molecule has 0 aliphatic carbocycles. The van der Waals surface area contributed by atoms with Crippen LogP contribution in [0.1, 0.15) is 11.1 Å². The Labute approximate surface area is 68.8 Å². The van der Waals surface area contributed by atoms with Crippen molar-refractivity contribution >= 4 is 21.6 Å². The van der Waals surface area contributed by atoms with E-state index in [1.54, 1.807) is 0 Å². The summed E-state index contributed by atoms with van der Waals surface area (Å²) in [4.78, 5) is 0. The molecule has 0 atom stereocenters. The molecule has 0 unspecified atom stereocenters. The Morgan fingerprint density at radius 2 is 1.60 bits per heavy atom. The van der Waals surface area contributed by atoms with E-state index in [2.05, 4.69) is 24.3 Å². The van der Waals surface area contributed by atoms with Crippen LogP contribution in [0.5, 0.6) is 0 Å². The van der Waals surface area contributed by atoms with Crippen molar-refractivity contribution in [1.29, 1.82) is 0 Å². The summed E-state index contributed by atoms with van der Waals surface area (Å²) in [6, 6.07) is 8.84. The zero-order valence-corrected chi connectivity index (χ0v) is 7.17. The monoisotopic (exact) mass is 168 g/mol. The van der Waals surface area contributed by atoms with E-state index >= 15 is 0 Å². The molecule has 0 N–H and O–H groups in total. The van der Waals surface area contributed by atoms with Crippen molar-refractivity contribution in [2.75, 3.05) is 0 Å². The highest BCUT2D eigenvalue weighted by molar-refractivity contribution is 8.76. The van der Waals surface area contributed by atoms with E-state index in [1.165, 1.54) is 22.6 Å². The molecule has 0 spiro atoms. The summed E-state index contributed by atoms with van der Waals surface area (Å²) in [7, 11) is 3.90. The quantitative estimate of drug-likeness (QED) is 0.546. The average Bonchev–Trinajstić information content (AvgIpc) is 2.12. The highest BCUT2D eigenvalue weighted by Crippen LogP contribution is 2.32. The third kappa shape index (κ3) is 1.32. The second kappa shape index (κ2) is 2.89. The van der Waals surface area contributed by atoms with Gasteiger partial charge in [-0.2, -0.15) is 0 Å². The van der Waals surface area contributed by atoms with Gasteiger partial charge in [0.1, 0.15) is 0 Å². The van der Waals surface area contributed by atoms with Crippen LogP contribution in [0.25, 0.3) is 0 Å². The van der Waals surface area contributed by atoms with E-state index in [4.69, 9.17) is 0 Å². The third-order valence-electron chi connectivity index (χ3n) is 1.53. The van der Waals surface area contributed by atoms with E-state index in [-0.39, 0.29) is 0 Å². The molecule has 0 fully saturated rings. The predicted molar refractivity (Wildman–Crippen MR) is 49.0 cm³/mol. The van der Waals surface area contributed by atoms with Crippen molar-refractivity contribution in [3.63, 3.8) is 0 Å². The van der Waals surface area contributed by atoms with Crippen LogP contribution >= 0.6 is 21.6 Å². The van der Waals surface area contributed by atoms with Gasteiger partial charge in [-0.05, 0) is 11.1 Å². The van der Waals surface area contributed by atoms with Crippen LogP contribution in [0, 0.1) is 0 Å². The lowest BCUT2D eigenvalue weighted by molar-refractivity contribution is 1.35. The van der Waals surface area contributed by atoms with Crippen LogP contribution in [-0.2, 0) is 11.5 Å². The standard InChI is InChI=1S/C8H8S2/c1-2-7-4-8(3-1)6-10-9-5-7/h1-4H,5-6H2. The van der Waals surface area contributed by atoms with Crippen molar-refractivity contribution in [3.05, 3.63) is 35.4 Å². The third-order valence-corrected chi connectivity index (χ3v) is 3.80. The van der Waals surface area contributed by atoms with Gasteiger partial charge in [0.25, 0.3) is 0 Å². The van der Waals surface area contributed by atoms with E-state index in [0.29, 0.717) is 0 Å². The normalized spacial score (nSPS) is 16.4. The second-order valence-corrected chi connectivity index (χ2v) is 4.81. The second-order valence-electron chi connectivity index (χ2n) is 2.34. The van der Waals surface area contributed by atoms with Gasteiger partial charge in [-0.3, -0.25) is 0 Å². The molecule has 52 valence electrons. The summed E-state index contributed by atoms with van der Waals surface area (Å²) in [5, 5.41) is 0. The van der Waals surface area contributed by atoms with Gasteiger partial charge in [0.05, 0.1) is 0 Å². The van der Waals surface area contributed by atoms with Crippen LogP contribution in [0.4, 0.5) is 0 Å². The first-order chi connectivity index (χ1) is 4.95. The lowest BCUT2D eigenvalue weighted by atomic mass is 10.2. The molecule has 0 saturated heterocycles. The van der Waals surface area contributed by atoms with Crippen LogP contribution in [0.15, 0.2) is 24.3 Å². The van der Waals surface area contributed by atoms with Crippen molar-refractivity contribution in [3.8, 4) is 0 Å². The summed E-state index contributed by atoms with van der Waals surface area (Å²) in [6.07, 6.45) is 0. The molecular weight excluding hydrogens is 160 g/mol. The van der Waals surface area contributed by atoms with Gasteiger partial charge in [0.2, 0.25) is 0 Å². The maximum Gasteiger partial charge on any atom is 0.0288 e. The highest BCUT2D eigenvalue weighted by Gasteiger charge is 2.02. The molecule has 1 aliphatic heterocycles. The zero-order chi connectivity index (χ0) is 6.81. The lowest BCUT2D eigenvalue weighted by Crippen LogP contribution is -1.78. The fourth-order valence-corrected chi connectivity index (χ4v) is 3.14. The maximum absolute atomic E-state index is 2.30. The van der Waals surface area contributed by atoms with Crippen LogP contribution < -0.4 is 0 Å². The SMILES string of the molecule is c1cc2cc(c1)CSSC2. The molecule has 0 amide bonds. The first-order valence-corrected chi connectivity index (χ1v) is 5.76. The van der Waals surface area contributed by atoms with Crippen LogP contribution in [-0.4, -0.2) is 0 Å². The van der Waals surface area contributed by atoms with Gasteiger partial charge in [-0.15, -0.1) is 0 Å². The molecule has 1 aromatic rings. The molecule has 1 heterocycles. The topological polar surface area (TPSA) is 0 Å². The van der Waals surface area contributed by atoms with Gasteiger partial charge in [0.15, 0.2) is 0 Å². The van der Waals surface area contributed by atoms with Crippen molar-refractivity contribution < 1.29 is 0 Å². The largest absolute Gasteiger partial charge is 0.0890 e. The first-order valence-electron chi connectivity index (χ1n) is 3.27. The number of fused-ring (bicyclic) bond motifs is 2. The van der Waals surface area contributed by atoms with Crippen molar-refractivity contribution in [2.45, 2.75) is 11.5 Å². The van der Waals surface area contributed by atoms with Crippen molar-refractivity contribution in [2.24, 2.45) is 0 Å². The van der Waals surface area contributed by atoms with Gasteiger partial charge >= 0.3 is 0 Å². The summed E-state index contributed by atoms with van der Waals surface area (Å²) >= 11 is 0. The Hall–Kier alpha value is -0.0800. The molecule has 2 heteroatoms. The molecule has 0 aromatic heterocycles. The summed E-state index contributed by atoms with van der Waals surface area (Å²) < 4.78 is 0. The smallest absolute Gasteiger partial charge is 0.0288 e. The Morgan fingerprint density at radius 1 is 1.00 bits per heavy atom. The van der Waals surface area contributed by atoms with Gasteiger partial charge < -0.3 is 0 Å². The Balaban J connectivity index is 2.41. The fraction of sp³-hybridized carbons (Fsp3) is 0.250. The van der Waals surface area contributed by atoms with E-state index in [1.807, 2.05) is 21.6 Å². The molecule has 2 rings (SSSR count). The highest BCUT2D eigenvalue weighted by atomic mass is 33.1. The molecular formula is C8H8S2. The molecule has 10 heavy (non-hydrogen) atoms. The van der Waals surface area contributed by atoms with Crippen LogP contribution in [0.2, 0.25) is 0 Å².